The smallest absolute Gasteiger partial charge is 0.267 e. The SMILES string of the molecule is C/C(=C/C=O)C(=O)N(C)Nc1nc(-c2ccco2)nc2scc(-c3cccs3)c12.CC. The van der Waals surface area contributed by atoms with Crippen molar-refractivity contribution in [2.24, 2.45) is 0 Å². The highest BCUT2D eigenvalue weighted by Crippen LogP contribution is 2.40. The Hall–Kier alpha value is -3.30. The second-order valence-electron chi connectivity index (χ2n) is 6.14. The number of thiophene rings is 2. The average Bonchev–Trinajstić information content (AvgIpc) is 3.55. The van der Waals surface area contributed by atoms with Crippen LogP contribution in [0.4, 0.5) is 5.82 Å². The second-order valence-corrected chi connectivity index (χ2v) is 7.95. The molecule has 0 saturated heterocycles. The number of carbonyl (C=O) groups is 2. The van der Waals surface area contributed by atoms with E-state index in [-0.39, 0.29) is 5.91 Å². The van der Waals surface area contributed by atoms with Crippen molar-refractivity contribution in [1.82, 2.24) is 15.0 Å². The normalized spacial score (nSPS) is 11.0. The van der Waals surface area contributed by atoms with E-state index in [1.807, 2.05) is 36.7 Å². The molecule has 0 saturated carbocycles. The topological polar surface area (TPSA) is 88.3 Å². The first-order chi connectivity index (χ1) is 15.1. The van der Waals surface area contributed by atoms with Crippen LogP contribution >= 0.6 is 22.7 Å². The zero-order chi connectivity index (χ0) is 22.4. The van der Waals surface area contributed by atoms with Crippen molar-refractivity contribution >= 4 is 50.9 Å². The number of hydrogen-bond donors (Lipinski definition) is 1. The number of furan rings is 1. The van der Waals surface area contributed by atoms with Crippen LogP contribution in [0.25, 0.3) is 32.2 Å². The molecule has 0 bridgehead atoms. The molecule has 1 N–H and O–H groups in total. The summed E-state index contributed by atoms with van der Waals surface area (Å²) in [5.41, 5.74) is 4.37. The van der Waals surface area contributed by atoms with E-state index in [4.69, 9.17) is 4.42 Å². The molecule has 9 heteroatoms. The van der Waals surface area contributed by atoms with Gasteiger partial charge in [0.2, 0.25) is 0 Å². The van der Waals surface area contributed by atoms with Crippen LogP contribution in [0.3, 0.4) is 0 Å². The molecule has 0 aliphatic rings. The number of likely N-dealkylation sites (N-methyl/N-ethyl adjacent to an activating group) is 1. The zero-order valence-corrected chi connectivity index (χ0v) is 19.2. The van der Waals surface area contributed by atoms with Gasteiger partial charge in [0.25, 0.3) is 5.91 Å². The number of carbonyl (C=O) groups excluding carboxylic acids is 2. The van der Waals surface area contributed by atoms with E-state index in [2.05, 4.69) is 15.4 Å². The Kier molecular flexibility index (Phi) is 7.32. The van der Waals surface area contributed by atoms with Gasteiger partial charge < -0.3 is 4.42 Å². The number of allylic oxidation sites excluding steroid dienone is 1. The molecule has 0 aliphatic carbocycles. The molecule has 31 heavy (non-hydrogen) atoms. The standard InChI is InChI=1S/C20H16N4O3S2.C2H6/c1-12(7-8-25)20(26)24(2)23-18-16-13(15-6-4-10-28-15)11-29-19(16)22-17(21-18)14-5-3-9-27-14;1-2/h3-11H,1-2H3,(H,21,22,23);1-2H3/b12-7-;. The molecule has 0 atom stereocenters. The van der Waals surface area contributed by atoms with Crippen LogP contribution < -0.4 is 5.43 Å². The molecule has 0 aliphatic heterocycles. The number of nitrogens with one attached hydrogen (secondary N) is 1. The number of rotatable bonds is 6. The van der Waals surface area contributed by atoms with E-state index in [1.165, 1.54) is 22.4 Å². The Balaban J connectivity index is 0.00000132. The predicted octanol–water partition coefficient (Wildman–Crippen LogP) is 5.64. The molecule has 0 unspecified atom stereocenters. The summed E-state index contributed by atoms with van der Waals surface area (Å²) in [6.07, 6.45) is 3.38. The van der Waals surface area contributed by atoms with Gasteiger partial charge in [0.15, 0.2) is 17.4 Å². The first-order valence-electron chi connectivity index (χ1n) is 9.62. The first-order valence-corrected chi connectivity index (χ1v) is 11.4. The maximum Gasteiger partial charge on any atom is 0.267 e. The molecular formula is C22H22N4O3S2. The van der Waals surface area contributed by atoms with E-state index in [1.54, 1.807) is 43.7 Å². The van der Waals surface area contributed by atoms with Gasteiger partial charge in [0, 0.05) is 28.4 Å². The predicted molar refractivity (Wildman–Crippen MR) is 126 cm³/mol. The molecule has 0 fully saturated rings. The first kappa shape index (κ1) is 22.4. The third-order valence-corrected chi connectivity index (χ3v) is 5.97. The molecule has 4 aromatic rings. The number of amides is 1. The Morgan fingerprint density at radius 1 is 1.19 bits per heavy atom. The number of nitrogens with zero attached hydrogens (tertiary/aromatic N) is 3. The number of anilines is 1. The minimum Gasteiger partial charge on any atom is -0.461 e. The lowest BCUT2D eigenvalue weighted by atomic mass is 10.2. The van der Waals surface area contributed by atoms with Crippen molar-refractivity contribution < 1.29 is 14.0 Å². The summed E-state index contributed by atoms with van der Waals surface area (Å²) in [6.45, 7) is 5.58. The summed E-state index contributed by atoms with van der Waals surface area (Å²) in [5.74, 6) is 1.11. The molecule has 7 nitrogen and oxygen atoms in total. The van der Waals surface area contributed by atoms with Crippen LogP contribution in [-0.2, 0) is 9.59 Å². The van der Waals surface area contributed by atoms with Crippen LogP contribution in [0, 0.1) is 0 Å². The van der Waals surface area contributed by atoms with Gasteiger partial charge in [-0.1, -0.05) is 19.9 Å². The molecule has 4 heterocycles. The highest BCUT2D eigenvalue weighted by molar-refractivity contribution is 7.18. The van der Waals surface area contributed by atoms with Crippen molar-refractivity contribution in [3.05, 3.63) is 52.9 Å². The lowest BCUT2D eigenvalue weighted by molar-refractivity contribution is -0.124. The number of aromatic nitrogens is 2. The van der Waals surface area contributed by atoms with Gasteiger partial charge >= 0.3 is 0 Å². The van der Waals surface area contributed by atoms with Crippen molar-refractivity contribution in [1.29, 1.82) is 0 Å². The van der Waals surface area contributed by atoms with E-state index in [9.17, 15) is 9.59 Å². The third-order valence-electron chi connectivity index (χ3n) is 4.20. The van der Waals surface area contributed by atoms with Gasteiger partial charge in [0.05, 0.1) is 11.6 Å². The number of hydrazine groups is 1. The summed E-state index contributed by atoms with van der Waals surface area (Å²) in [4.78, 5) is 34.3. The van der Waals surface area contributed by atoms with E-state index < -0.39 is 0 Å². The molecule has 4 rings (SSSR count). The minimum absolute atomic E-state index is 0.315. The zero-order valence-electron chi connectivity index (χ0n) is 17.6. The molecule has 160 valence electrons. The van der Waals surface area contributed by atoms with Crippen molar-refractivity contribution in [2.45, 2.75) is 20.8 Å². The van der Waals surface area contributed by atoms with Gasteiger partial charge in [0.1, 0.15) is 11.1 Å². The van der Waals surface area contributed by atoms with Crippen LogP contribution in [0.15, 0.2) is 57.4 Å². The fourth-order valence-electron chi connectivity index (χ4n) is 2.80. The summed E-state index contributed by atoms with van der Waals surface area (Å²) in [6, 6.07) is 7.56. The molecule has 4 aromatic heterocycles. The van der Waals surface area contributed by atoms with Gasteiger partial charge in [-0.15, -0.1) is 22.7 Å². The molecular weight excluding hydrogens is 432 g/mol. The summed E-state index contributed by atoms with van der Waals surface area (Å²) < 4.78 is 5.45. The fraction of sp³-hybridized carbons (Fsp3) is 0.182. The van der Waals surface area contributed by atoms with Crippen LogP contribution in [0.1, 0.15) is 20.8 Å². The Bertz CT molecular complexity index is 1200. The quantitative estimate of drug-likeness (QED) is 0.231. The largest absolute Gasteiger partial charge is 0.461 e. The number of hydrogen-bond acceptors (Lipinski definition) is 8. The highest BCUT2D eigenvalue weighted by atomic mass is 32.1. The molecule has 0 aromatic carbocycles. The van der Waals surface area contributed by atoms with Crippen molar-refractivity contribution in [3.63, 3.8) is 0 Å². The maximum atomic E-state index is 12.5. The minimum atomic E-state index is -0.337. The van der Waals surface area contributed by atoms with Crippen LogP contribution in [-0.4, -0.2) is 34.2 Å². The summed E-state index contributed by atoms with van der Waals surface area (Å²) in [5, 5.41) is 6.16. The van der Waals surface area contributed by atoms with Crippen molar-refractivity contribution in [3.8, 4) is 22.0 Å². The monoisotopic (exact) mass is 454 g/mol. The third kappa shape index (κ3) is 4.73. The van der Waals surface area contributed by atoms with Gasteiger partial charge in [-0.25, -0.2) is 9.97 Å². The Morgan fingerprint density at radius 3 is 2.65 bits per heavy atom. The Labute approximate surface area is 188 Å². The fourth-order valence-corrected chi connectivity index (χ4v) is 4.56. The van der Waals surface area contributed by atoms with E-state index >= 15 is 0 Å². The van der Waals surface area contributed by atoms with Gasteiger partial charge in [-0.2, -0.15) is 0 Å². The average molecular weight is 455 g/mol. The van der Waals surface area contributed by atoms with Crippen molar-refractivity contribution in [2.75, 3.05) is 12.5 Å². The maximum absolute atomic E-state index is 12.5. The lowest BCUT2D eigenvalue weighted by Crippen LogP contribution is -2.33. The molecule has 0 radical (unpaired) electrons. The van der Waals surface area contributed by atoms with Crippen LogP contribution in [0.2, 0.25) is 0 Å². The molecule has 0 spiro atoms. The number of aldehydes is 1. The Morgan fingerprint density at radius 2 is 2.00 bits per heavy atom. The van der Waals surface area contributed by atoms with E-state index in [0.29, 0.717) is 29.3 Å². The summed E-state index contributed by atoms with van der Waals surface area (Å²) in [7, 11) is 1.59. The lowest BCUT2D eigenvalue weighted by Gasteiger charge is -2.20. The summed E-state index contributed by atoms with van der Waals surface area (Å²) >= 11 is 3.12. The highest BCUT2D eigenvalue weighted by Gasteiger charge is 2.20. The van der Waals surface area contributed by atoms with Crippen LogP contribution in [0.5, 0.6) is 0 Å². The second kappa shape index (κ2) is 10.1. The van der Waals surface area contributed by atoms with Gasteiger partial charge in [-0.3, -0.25) is 20.0 Å². The van der Waals surface area contributed by atoms with E-state index in [0.717, 1.165) is 20.7 Å². The number of fused-ring (bicyclic) bond motifs is 1. The van der Waals surface area contributed by atoms with Gasteiger partial charge in [-0.05, 0) is 36.6 Å². The molecule has 1 amide bonds.